The van der Waals surface area contributed by atoms with Crippen molar-refractivity contribution < 1.29 is 9.90 Å². The van der Waals surface area contributed by atoms with Crippen LogP contribution in [-0.4, -0.2) is 73.1 Å². The van der Waals surface area contributed by atoms with Crippen molar-refractivity contribution in [1.29, 1.82) is 0 Å². The third-order valence-electron chi connectivity index (χ3n) is 13.3. The minimum atomic E-state index is -1.06. The van der Waals surface area contributed by atoms with Crippen LogP contribution in [0.4, 0.5) is 22.6 Å². The van der Waals surface area contributed by atoms with Crippen LogP contribution in [-0.2, 0) is 13.0 Å². The number of para-hydroxylation sites is 1. The van der Waals surface area contributed by atoms with Gasteiger partial charge in [0.25, 0.3) is 0 Å². The number of thiazole rings is 1. The lowest BCUT2D eigenvalue weighted by molar-refractivity contribution is -0.198. The zero-order valence-corrected chi connectivity index (χ0v) is 33.9. The Morgan fingerprint density at radius 2 is 1.71 bits per heavy atom. The lowest BCUT2D eigenvalue weighted by Crippen LogP contribution is -2.60. The molecular formula is C43H53N9O2S. The molecular weight excluding hydrogens is 707 g/mol. The van der Waals surface area contributed by atoms with Gasteiger partial charge in [-0.15, -0.1) is 10.2 Å². The Hall–Kier alpha value is -4.42. The van der Waals surface area contributed by atoms with Crippen molar-refractivity contribution in [3.05, 3.63) is 65.1 Å². The quantitative estimate of drug-likeness (QED) is 0.135. The molecule has 4 aliphatic carbocycles. The van der Waals surface area contributed by atoms with Gasteiger partial charge in [0.15, 0.2) is 22.5 Å². The third-order valence-corrected chi connectivity index (χ3v) is 14.2. The Morgan fingerprint density at radius 1 is 0.945 bits per heavy atom. The first-order valence-corrected chi connectivity index (χ1v) is 20.7. The number of benzene rings is 1. The Balaban J connectivity index is 0.985. The average molecular weight is 760 g/mol. The summed E-state index contributed by atoms with van der Waals surface area (Å²) in [6, 6.07) is 11.9. The summed E-state index contributed by atoms with van der Waals surface area (Å²) >= 11 is 1.58. The Kier molecular flexibility index (Phi) is 8.62. The predicted octanol–water partition coefficient (Wildman–Crippen LogP) is 9.20. The summed E-state index contributed by atoms with van der Waals surface area (Å²) in [5.74, 6) is 0.900. The van der Waals surface area contributed by atoms with Crippen molar-refractivity contribution in [2.75, 3.05) is 37.4 Å². The molecule has 1 aromatic carbocycles. The molecule has 2 unspecified atom stereocenters. The Morgan fingerprint density at radius 3 is 2.45 bits per heavy atom. The summed E-state index contributed by atoms with van der Waals surface area (Å²) in [5, 5.41) is 29.0. The summed E-state index contributed by atoms with van der Waals surface area (Å²) < 4.78 is 3.29. The number of aromatic nitrogens is 6. The van der Waals surface area contributed by atoms with Crippen molar-refractivity contribution in [2.45, 2.75) is 98.4 Å². The maximum Gasteiger partial charge on any atom is 0.355 e. The summed E-state index contributed by atoms with van der Waals surface area (Å²) in [6.45, 7) is 12.0. The maximum atomic E-state index is 12.9. The van der Waals surface area contributed by atoms with Crippen LogP contribution in [0.1, 0.15) is 98.9 Å². The SMILES string of the molecule is Cc1c(Nc2nc3ccccc3s2)nnc2c1CCCN2c1ccc(-c2cnn(CC34CC5(C)CC(C)(CC(CCCN(C)C)(C5)C3)C4)c2C)c(C(=O)O)n1. The number of fused-ring (bicyclic) bond motifs is 2. The topological polar surface area (TPSA) is 125 Å². The zero-order valence-electron chi connectivity index (χ0n) is 33.1. The van der Waals surface area contributed by atoms with E-state index in [1.165, 1.54) is 51.4 Å². The van der Waals surface area contributed by atoms with Crippen LogP contribution in [0, 0.1) is 35.5 Å². The molecule has 1 aliphatic heterocycles. The van der Waals surface area contributed by atoms with Gasteiger partial charge in [0.05, 0.1) is 16.4 Å². The largest absolute Gasteiger partial charge is 0.476 e. The molecule has 2 N–H and O–H groups in total. The fourth-order valence-corrected chi connectivity index (χ4v) is 13.4. The standard InChI is InChI=1S/C43H53N9O2S/c1-27-29-11-9-18-51(37(29)49-48-36(27)47-39-45-32-12-7-8-13-33(32)55-39)34-15-14-30(35(46-34)38(53)54)31-19-44-52(28(31)2)26-43-23-40(3)20-41(4,24-43)22-42(21-40,25-43)16-10-17-50(5)6/h7-8,12-15,19H,9-11,16-18,20-26H2,1-6H3,(H,53,54)(H,45,47,48). The highest BCUT2D eigenvalue weighted by Crippen LogP contribution is 2.75. The van der Waals surface area contributed by atoms with Crippen LogP contribution in [0.15, 0.2) is 42.6 Å². The van der Waals surface area contributed by atoms with E-state index in [1.54, 1.807) is 11.3 Å². The van der Waals surface area contributed by atoms with Crippen LogP contribution in [0.3, 0.4) is 0 Å². The number of rotatable bonds is 11. The minimum absolute atomic E-state index is 0.0285. The molecule has 10 rings (SSSR count). The van der Waals surface area contributed by atoms with Crippen LogP contribution in [0.2, 0.25) is 0 Å². The molecule has 4 aromatic heterocycles. The summed E-state index contributed by atoms with van der Waals surface area (Å²) in [6.07, 6.45) is 13.9. The van der Waals surface area contributed by atoms with Gasteiger partial charge in [-0.25, -0.2) is 14.8 Å². The lowest BCUT2D eigenvalue weighted by Gasteiger charge is -2.70. The van der Waals surface area contributed by atoms with E-state index in [9.17, 15) is 9.90 Å². The van der Waals surface area contributed by atoms with E-state index in [4.69, 9.17) is 15.1 Å². The highest BCUT2D eigenvalue weighted by atomic mass is 32.1. The number of hydrogen-bond acceptors (Lipinski definition) is 10. The molecule has 55 heavy (non-hydrogen) atoms. The van der Waals surface area contributed by atoms with E-state index in [1.807, 2.05) is 41.4 Å². The Bertz CT molecular complexity index is 2260. The molecule has 11 nitrogen and oxygen atoms in total. The van der Waals surface area contributed by atoms with Crippen LogP contribution in [0.5, 0.6) is 0 Å². The molecule has 4 fully saturated rings. The van der Waals surface area contributed by atoms with Crippen molar-refractivity contribution in [3.8, 4) is 11.1 Å². The molecule has 2 atom stereocenters. The first kappa shape index (κ1) is 36.2. The summed E-state index contributed by atoms with van der Waals surface area (Å²) in [5.41, 5.74) is 6.83. The normalized spacial score (nSPS) is 26.9. The number of aromatic carboxylic acids is 1. The van der Waals surface area contributed by atoms with E-state index in [-0.39, 0.29) is 11.1 Å². The zero-order chi connectivity index (χ0) is 38.3. The van der Waals surface area contributed by atoms with Gasteiger partial charge >= 0.3 is 5.97 Å². The minimum Gasteiger partial charge on any atom is -0.476 e. The average Bonchev–Trinajstić information content (AvgIpc) is 3.69. The lowest BCUT2D eigenvalue weighted by atomic mass is 9.35. The molecule has 5 aliphatic rings. The molecule has 12 heteroatoms. The van der Waals surface area contributed by atoms with Gasteiger partial charge in [0.1, 0.15) is 5.82 Å². The second kappa shape index (κ2) is 13.1. The van der Waals surface area contributed by atoms with Crippen LogP contribution < -0.4 is 10.2 Å². The number of carbonyl (C=O) groups is 1. The van der Waals surface area contributed by atoms with E-state index >= 15 is 0 Å². The molecule has 0 amide bonds. The monoisotopic (exact) mass is 759 g/mol. The number of pyridine rings is 1. The highest BCUT2D eigenvalue weighted by molar-refractivity contribution is 7.22. The van der Waals surface area contributed by atoms with Gasteiger partial charge in [-0.1, -0.05) is 37.3 Å². The molecule has 0 spiro atoms. The second-order valence-electron chi connectivity index (χ2n) is 18.6. The molecule has 5 aromatic rings. The van der Waals surface area contributed by atoms with Crippen LogP contribution >= 0.6 is 11.3 Å². The number of carboxylic acids is 1. The third kappa shape index (κ3) is 6.48. The number of nitrogens with zero attached hydrogens (tertiary/aromatic N) is 8. The molecule has 4 bridgehead atoms. The van der Waals surface area contributed by atoms with Crippen molar-refractivity contribution in [3.63, 3.8) is 0 Å². The van der Waals surface area contributed by atoms with E-state index in [2.05, 4.69) is 73.0 Å². The highest BCUT2D eigenvalue weighted by Gasteiger charge is 2.65. The smallest absolute Gasteiger partial charge is 0.355 e. The van der Waals surface area contributed by atoms with Crippen molar-refractivity contribution in [2.24, 2.45) is 21.7 Å². The maximum absolute atomic E-state index is 12.9. The van der Waals surface area contributed by atoms with Gasteiger partial charge in [-0.2, -0.15) is 5.10 Å². The Labute approximate surface area is 327 Å². The summed E-state index contributed by atoms with van der Waals surface area (Å²) in [4.78, 5) is 26.8. The molecule has 5 heterocycles. The number of anilines is 4. The number of hydrogen-bond donors (Lipinski definition) is 2. The van der Waals surface area contributed by atoms with E-state index < -0.39 is 5.97 Å². The first-order chi connectivity index (χ1) is 26.2. The summed E-state index contributed by atoms with van der Waals surface area (Å²) in [7, 11) is 4.37. The fourth-order valence-electron chi connectivity index (χ4n) is 12.5. The van der Waals surface area contributed by atoms with E-state index in [0.29, 0.717) is 40.0 Å². The van der Waals surface area contributed by atoms with Gasteiger partial charge in [-0.05, 0) is 145 Å². The van der Waals surface area contributed by atoms with Gasteiger partial charge < -0.3 is 20.2 Å². The predicted molar refractivity (Wildman–Crippen MR) is 219 cm³/mol. The molecule has 288 valence electrons. The van der Waals surface area contributed by atoms with Gasteiger partial charge in [-0.3, -0.25) is 4.68 Å². The van der Waals surface area contributed by atoms with Crippen molar-refractivity contribution in [1.82, 2.24) is 34.8 Å². The second-order valence-corrected chi connectivity index (χ2v) is 19.6. The van der Waals surface area contributed by atoms with E-state index in [0.717, 1.165) is 69.5 Å². The van der Waals surface area contributed by atoms with Gasteiger partial charge in [0, 0.05) is 41.0 Å². The van der Waals surface area contributed by atoms with Crippen molar-refractivity contribution >= 4 is 50.1 Å². The first-order valence-electron chi connectivity index (χ1n) is 19.9. The number of nitrogens with one attached hydrogen (secondary N) is 1. The molecule has 0 radical (unpaired) electrons. The fraction of sp³-hybridized carbons (Fsp3) is 0.535. The van der Waals surface area contributed by atoms with Crippen LogP contribution in [0.25, 0.3) is 21.3 Å². The van der Waals surface area contributed by atoms with Gasteiger partial charge in [0.2, 0.25) is 0 Å². The number of carboxylic acid groups (broad SMARTS) is 1. The molecule has 0 saturated heterocycles. The molecule has 4 saturated carbocycles.